The van der Waals surface area contributed by atoms with E-state index in [0.29, 0.717) is 5.69 Å². The Morgan fingerprint density at radius 1 is 1.00 bits per heavy atom. The molecule has 0 fully saturated rings. The van der Waals surface area contributed by atoms with Crippen LogP contribution in [0, 0.1) is 17.5 Å². The molecular formula is C15H10F3N3O. The van der Waals surface area contributed by atoms with Gasteiger partial charge in [-0.15, -0.1) is 0 Å². The summed E-state index contributed by atoms with van der Waals surface area (Å²) in [7, 11) is 0. The van der Waals surface area contributed by atoms with Crippen molar-refractivity contribution in [3.05, 3.63) is 82.3 Å². The highest BCUT2D eigenvalue weighted by atomic mass is 19.1. The molecule has 0 amide bonds. The number of nitrogens with zero attached hydrogens (tertiary/aromatic N) is 3. The maximum atomic E-state index is 13.7. The Balaban J connectivity index is 1.95. The summed E-state index contributed by atoms with van der Waals surface area (Å²) in [5.74, 6) is -2.06. The number of hydrogen-bond donors (Lipinski definition) is 0. The molecule has 0 spiro atoms. The van der Waals surface area contributed by atoms with E-state index in [2.05, 4.69) is 5.10 Å². The minimum Gasteiger partial charge on any atom is -0.307 e. The molecule has 7 heteroatoms. The van der Waals surface area contributed by atoms with Gasteiger partial charge >= 0.3 is 0 Å². The second-order valence-corrected chi connectivity index (χ2v) is 4.64. The number of hydrogen-bond acceptors (Lipinski definition) is 2. The highest BCUT2D eigenvalue weighted by molar-refractivity contribution is 5.34. The van der Waals surface area contributed by atoms with Crippen molar-refractivity contribution in [3.63, 3.8) is 0 Å². The molecule has 0 aliphatic rings. The van der Waals surface area contributed by atoms with E-state index in [1.54, 1.807) is 0 Å². The molecule has 0 aliphatic carbocycles. The largest absolute Gasteiger partial charge is 0.307 e. The summed E-state index contributed by atoms with van der Waals surface area (Å²) >= 11 is 0. The molecule has 0 unspecified atom stereocenters. The van der Waals surface area contributed by atoms with Crippen LogP contribution in [0.1, 0.15) is 5.69 Å². The third-order valence-corrected chi connectivity index (χ3v) is 3.09. The molecule has 0 saturated carbocycles. The number of rotatable bonds is 3. The van der Waals surface area contributed by atoms with Gasteiger partial charge in [0.15, 0.2) is 11.6 Å². The molecule has 0 radical (unpaired) electrons. The van der Waals surface area contributed by atoms with E-state index in [1.165, 1.54) is 18.3 Å². The van der Waals surface area contributed by atoms with Crippen LogP contribution in [-0.4, -0.2) is 14.3 Å². The molecule has 1 aromatic carbocycles. The van der Waals surface area contributed by atoms with Gasteiger partial charge in [-0.2, -0.15) is 5.10 Å². The van der Waals surface area contributed by atoms with Gasteiger partial charge in [0.25, 0.3) is 5.56 Å². The SMILES string of the molecule is O=c1ccc(F)cn1Cc1ccn(-c2c(F)cccc2F)n1. The van der Waals surface area contributed by atoms with E-state index in [1.807, 2.05) is 0 Å². The number of halogens is 3. The summed E-state index contributed by atoms with van der Waals surface area (Å²) in [4.78, 5) is 11.6. The fourth-order valence-corrected chi connectivity index (χ4v) is 2.08. The van der Waals surface area contributed by atoms with Crippen LogP contribution in [0.3, 0.4) is 0 Å². The van der Waals surface area contributed by atoms with Crippen LogP contribution >= 0.6 is 0 Å². The van der Waals surface area contributed by atoms with Crippen molar-refractivity contribution >= 4 is 0 Å². The molecule has 22 heavy (non-hydrogen) atoms. The fraction of sp³-hybridized carbons (Fsp3) is 0.0667. The number of benzene rings is 1. The monoisotopic (exact) mass is 305 g/mol. The third kappa shape index (κ3) is 2.65. The summed E-state index contributed by atoms with van der Waals surface area (Å²) in [5, 5.41) is 4.02. The Labute approximate surface area is 123 Å². The zero-order chi connectivity index (χ0) is 15.7. The quantitative estimate of drug-likeness (QED) is 0.746. The van der Waals surface area contributed by atoms with Gasteiger partial charge in [-0.3, -0.25) is 4.79 Å². The van der Waals surface area contributed by atoms with E-state index in [4.69, 9.17) is 0 Å². The Kier molecular flexibility index (Phi) is 3.54. The molecule has 4 nitrogen and oxygen atoms in total. The van der Waals surface area contributed by atoms with E-state index in [0.717, 1.165) is 39.7 Å². The first-order valence-corrected chi connectivity index (χ1v) is 6.39. The molecule has 0 aliphatic heterocycles. The van der Waals surface area contributed by atoms with Crippen molar-refractivity contribution in [2.45, 2.75) is 6.54 Å². The van der Waals surface area contributed by atoms with Crippen LogP contribution in [-0.2, 0) is 6.54 Å². The molecule has 2 aromatic heterocycles. The van der Waals surface area contributed by atoms with E-state index in [-0.39, 0.29) is 12.2 Å². The van der Waals surface area contributed by atoms with Crippen molar-refractivity contribution in [1.29, 1.82) is 0 Å². The molecule has 0 bridgehead atoms. The van der Waals surface area contributed by atoms with Crippen LogP contribution in [0.25, 0.3) is 5.69 Å². The summed E-state index contributed by atoms with van der Waals surface area (Å²) < 4.78 is 42.7. The van der Waals surface area contributed by atoms with Crippen LogP contribution in [0.5, 0.6) is 0 Å². The number of aromatic nitrogens is 3. The van der Waals surface area contributed by atoms with Crippen LogP contribution < -0.4 is 5.56 Å². The lowest BCUT2D eigenvalue weighted by Gasteiger charge is -2.05. The van der Waals surface area contributed by atoms with Crippen LogP contribution in [0.4, 0.5) is 13.2 Å². The molecule has 112 valence electrons. The third-order valence-electron chi connectivity index (χ3n) is 3.09. The Morgan fingerprint density at radius 3 is 2.45 bits per heavy atom. The Hall–Kier alpha value is -2.83. The predicted octanol–water partition coefficient (Wildman–Crippen LogP) is 2.50. The first-order valence-electron chi connectivity index (χ1n) is 6.39. The number of para-hydroxylation sites is 1. The average Bonchev–Trinajstić information content (AvgIpc) is 2.91. The van der Waals surface area contributed by atoms with Crippen molar-refractivity contribution in [1.82, 2.24) is 14.3 Å². The topological polar surface area (TPSA) is 39.8 Å². The van der Waals surface area contributed by atoms with E-state index >= 15 is 0 Å². The zero-order valence-corrected chi connectivity index (χ0v) is 11.2. The fourth-order valence-electron chi connectivity index (χ4n) is 2.08. The standard InChI is InChI=1S/C15H10F3N3O/c16-10-4-5-14(22)20(8-10)9-11-6-7-21(19-11)15-12(17)2-1-3-13(15)18/h1-8H,9H2. The summed E-state index contributed by atoms with van der Waals surface area (Å²) in [6.45, 7) is -0.000332. The van der Waals surface area contributed by atoms with Crippen molar-refractivity contribution in [2.75, 3.05) is 0 Å². The minimum atomic E-state index is -0.752. The first-order chi connectivity index (χ1) is 10.5. The first kappa shape index (κ1) is 14.1. The van der Waals surface area contributed by atoms with Gasteiger partial charge in [0.05, 0.1) is 12.2 Å². The summed E-state index contributed by atoms with van der Waals surface area (Å²) in [6, 6.07) is 7.16. The second-order valence-electron chi connectivity index (χ2n) is 4.64. The maximum absolute atomic E-state index is 13.7. The smallest absolute Gasteiger partial charge is 0.251 e. The van der Waals surface area contributed by atoms with Crippen LogP contribution in [0.2, 0.25) is 0 Å². The van der Waals surface area contributed by atoms with Gasteiger partial charge in [-0.25, -0.2) is 17.9 Å². The molecule has 3 aromatic rings. The lowest BCUT2D eigenvalue weighted by molar-refractivity contribution is 0.557. The molecule has 3 rings (SSSR count). The Bertz CT molecular complexity index is 865. The second kappa shape index (κ2) is 5.51. The van der Waals surface area contributed by atoms with Gasteiger partial charge in [0, 0.05) is 18.5 Å². The predicted molar refractivity (Wildman–Crippen MR) is 73.2 cm³/mol. The molecule has 0 N–H and O–H groups in total. The van der Waals surface area contributed by atoms with Gasteiger partial charge < -0.3 is 4.57 Å². The lowest BCUT2D eigenvalue weighted by atomic mass is 10.3. The van der Waals surface area contributed by atoms with E-state index in [9.17, 15) is 18.0 Å². The van der Waals surface area contributed by atoms with Gasteiger partial charge in [-0.1, -0.05) is 6.07 Å². The molecular weight excluding hydrogens is 295 g/mol. The highest BCUT2D eigenvalue weighted by Gasteiger charge is 2.12. The zero-order valence-electron chi connectivity index (χ0n) is 11.2. The Morgan fingerprint density at radius 2 is 1.73 bits per heavy atom. The van der Waals surface area contributed by atoms with Gasteiger partial charge in [0.1, 0.15) is 11.5 Å². The summed E-state index contributed by atoms with van der Waals surface area (Å²) in [5.41, 5.74) is -0.330. The van der Waals surface area contributed by atoms with Gasteiger partial charge in [0.2, 0.25) is 0 Å². The van der Waals surface area contributed by atoms with Crippen molar-refractivity contribution in [3.8, 4) is 5.69 Å². The number of pyridine rings is 1. The lowest BCUT2D eigenvalue weighted by Crippen LogP contribution is -2.19. The minimum absolute atomic E-state index is 0.000332. The highest BCUT2D eigenvalue weighted by Crippen LogP contribution is 2.17. The molecule has 2 heterocycles. The van der Waals surface area contributed by atoms with Crippen LogP contribution in [0.15, 0.2) is 53.6 Å². The average molecular weight is 305 g/mol. The maximum Gasteiger partial charge on any atom is 0.251 e. The molecule has 0 atom stereocenters. The van der Waals surface area contributed by atoms with Gasteiger partial charge in [-0.05, 0) is 24.3 Å². The van der Waals surface area contributed by atoms with Crippen molar-refractivity contribution in [2.24, 2.45) is 0 Å². The normalized spacial score (nSPS) is 10.9. The molecule has 0 saturated heterocycles. The summed E-state index contributed by atoms with van der Waals surface area (Å²) in [6.07, 6.45) is 2.42. The van der Waals surface area contributed by atoms with Crippen molar-refractivity contribution < 1.29 is 13.2 Å². The van der Waals surface area contributed by atoms with E-state index < -0.39 is 23.0 Å².